The fourth-order valence-corrected chi connectivity index (χ4v) is 1.75. The molecular formula is C13H19N5. The molecule has 5 heteroatoms. The van der Waals surface area contributed by atoms with Gasteiger partial charge in [-0.1, -0.05) is 26.0 Å². The molecule has 0 bridgehead atoms. The van der Waals surface area contributed by atoms with Gasteiger partial charge in [0.15, 0.2) is 5.82 Å². The van der Waals surface area contributed by atoms with E-state index in [1.165, 1.54) is 5.56 Å². The second kappa shape index (κ2) is 5.73. The minimum Gasteiger partial charge on any atom is -0.310 e. The molecule has 0 aliphatic rings. The average molecular weight is 245 g/mol. The highest BCUT2D eigenvalue weighted by Crippen LogP contribution is 2.09. The van der Waals surface area contributed by atoms with Crippen molar-refractivity contribution in [3.05, 3.63) is 35.7 Å². The van der Waals surface area contributed by atoms with Crippen molar-refractivity contribution in [1.82, 2.24) is 25.5 Å². The predicted molar refractivity (Wildman–Crippen MR) is 70.4 cm³/mol. The van der Waals surface area contributed by atoms with Gasteiger partial charge in [-0.15, -0.1) is 5.10 Å². The number of aromatic nitrogens is 4. The summed E-state index contributed by atoms with van der Waals surface area (Å²) in [5, 5.41) is 15.2. The SMILES string of the molecule is Cc1cccc(-n2nnnc2CNCC(C)C)c1. The molecule has 0 unspecified atom stereocenters. The lowest BCUT2D eigenvalue weighted by atomic mass is 10.2. The second-order valence-electron chi connectivity index (χ2n) is 4.87. The molecule has 0 aliphatic carbocycles. The molecule has 5 nitrogen and oxygen atoms in total. The van der Waals surface area contributed by atoms with Gasteiger partial charge in [0.05, 0.1) is 12.2 Å². The lowest BCUT2D eigenvalue weighted by Crippen LogP contribution is -2.21. The summed E-state index contributed by atoms with van der Waals surface area (Å²) in [5.74, 6) is 1.45. The van der Waals surface area contributed by atoms with Gasteiger partial charge in [-0.25, -0.2) is 0 Å². The molecule has 0 saturated carbocycles. The van der Waals surface area contributed by atoms with Gasteiger partial charge in [-0.3, -0.25) is 0 Å². The van der Waals surface area contributed by atoms with Crippen molar-refractivity contribution in [1.29, 1.82) is 0 Å². The van der Waals surface area contributed by atoms with E-state index < -0.39 is 0 Å². The maximum atomic E-state index is 4.06. The Bertz CT molecular complexity index is 504. The summed E-state index contributed by atoms with van der Waals surface area (Å²) in [6.45, 7) is 8.05. The topological polar surface area (TPSA) is 55.6 Å². The van der Waals surface area contributed by atoms with Crippen LogP contribution in [0.15, 0.2) is 24.3 Å². The first-order chi connectivity index (χ1) is 8.66. The third kappa shape index (κ3) is 3.13. The Balaban J connectivity index is 2.12. The van der Waals surface area contributed by atoms with E-state index in [1.807, 2.05) is 12.1 Å². The molecule has 0 fully saturated rings. The van der Waals surface area contributed by atoms with Gasteiger partial charge in [0.1, 0.15) is 0 Å². The van der Waals surface area contributed by atoms with Gasteiger partial charge >= 0.3 is 0 Å². The molecule has 1 N–H and O–H groups in total. The van der Waals surface area contributed by atoms with Crippen LogP contribution in [-0.2, 0) is 6.54 Å². The fourth-order valence-electron chi connectivity index (χ4n) is 1.75. The van der Waals surface area contributed by atoms with Gasteiger partial charge in [-0.2, -0.15) is 4.68 Å². The van der Waals surface area contributed by atoms with Crippen molar-refractivity contribution >= 4 is 0 Å². The Morgan fingerprint density at radius 2 is 2.17 bits per heavy atom. The smallest absolute Gasteiger partial charge is 0.170 e. The fraction of sp³-hybridized carbons (Fsp3) is 0.462. The largest absolute Gasteiger partial charge is 0.310 e. The number of nitrogens with one attached hydrogen (secondary N) is 1. The summed E-state index contributed by atoms with van der Waals surface area (Å²) in [5.41, 5.74) is 2.20. The highest BCUT2D eigenvalue weighted by Gasteiger charge is 2.07. The summed E-state index contributed by atoms with van der Waals surface area (Å²) in [6.07, 6.45) is 0. The lowest BCUT2D eigenvalue weighted by Gasteiger charge is -2.08. The molecular weight excluding hydrogens is 226 g/mol. The quantitative estimate of drug-likeness (QED) is 0.871. The van der Waals surface area contributed by atoms with Crippen LogP contribution in [0.1, 0.15) is 25.2 Å². The zero-order valence-corrected chi connectivity index (χ0v) is 11.1. The first kappa shape index (κ1) is 12.7. The van der Waals surface area contributed by atoms with Crippen LogP contribution < -0.4 is 5.32 Å². The Hall–Kier alpha value is -1.75. The number of tetrazole rings is 1. The minimum absolute atomic E-state index is 0.619. The monoisotopic (exact) mass is 245 g/mol. The molecule has 0 spiro atoms. The van der Waals surface area contributed by atoms with E-state index in [0.717, 1.165) is 18.1 Å². The van der Waals surface area contributed by atoms with Crippen LogP contribution >= 0.6 is 0 Å². The molecule has 1 heterocycles. The second-order valence-corrected chi connectivity index (χ2v) is 4.87. The van der Waals surface area contributed by atoms with Crippen LogP contribution in [-0.4, -0.2) is 26.8 Å². The van der Waals surface area contributed by atoms with Crippen molar-refractivity contribution in [3.63, 3.8) is 0 Å². The molecule has 1 aromatic heterocycles. The molecule has 18 heavy (non-hydrogen) atoms. The maximum Gasteiger partial charge on any atom is 0.170 e. The number of hydrogen-bond acceptors (Lipinski definition) is 4. The van der Waals surface area contributed by atoms with Crippen molar-refractivity contribution < 1.29 is 0 Å². The summed E-state index contributed by atoms with van der Waals surface area (Å²) >= 11 is 0. The van der Waals surface area contributed by atoms with E-state index in [2.05, 4.69) is 53.7 Å². The highest BCUT2D eigenvalue weighted by atomic mass is 15.5. The molecule has 0 radical (unpaired) electrons. The molecule has 1 aromatic carbocycles. The molecule has 0 aliphatic heterocycles. The summed E-state index contributed by atoms with van der Waals surface area (Å²) in [6, 6.07) is 8.15. The third-order valence-corrected chi connectivity index (χ3v) is 2.62. The van der Waals surface area contributed by atoms with Crippen LogP contribution in [0.5, 0.6) is 0 Å². The Kier molecular flexibility index (Phi) is 4.04. The highest BCUT2D eigenvalue weighted by molar-refractivity contribution is 5.34. The number of hydrogen-bond donors (Lipinski definition) is 1. The number of benzene rings is 1. The zero-order chi connectivity index (χ0) is 13.0. The number of aryl methyl sites for hydroxylation is 1. The van der Waals surface area contributed by atoms with Gasteiger partial charge in [0.25, 0.3) is 0 Å². The number of nitrogens with zero attached hydrogens (tertiary/aromatic N) is 4. The van der Waals surface area contributed by atoms with E-state index in [1.54, 1.807) is 4.68 Å². The van der Waals surface area contributed by atoms with Crippen molar-refractivity contribution in [2.24, 2.45) is 5.92 Å². The first-order valence-corrected chi connectivity index (χ1v) is 6.22. The predicted octanol–water partition coefficient (Wildman–Crippen LogP) is 1.72. The standard InChI is InChI=1S/C13H19N5/c1-10(2)8-14-9-13-15-16-17-18(13)12-6-4-5-11(3)7-12/h4-7,10,14H,8-9H2,1-3H3. The Morgan fingerprint density at radius 3 is 2.89 bits per heavy atom. The minimum atomic E-state index is 0.619. The Labute approximate surface area is 107 Å². The van der Waals surface area contributed by atoms with E-state index in [9.17, 15) is 0 Å². The van der Waals surface area contributed by atoms with Gasteiger partial charge in [0.2, 0.25) is 0 Å². The van der Waals surface area contributed by atoms with Gasteiger partial charge in [0, 0.05) is 0 Å². The molecule has 2 aromatic rings. The molecule has 0 amide bonds. The lowest BCUT2D eigenvalue weighted by molar-refractivity contribution is 0.537. The number of rotatable bonds is 5. The molecule has 2 rings (SSSR count). The zero-order valence-electron chi connectivity index (χ0n) is 11.1. The van der Waals surface area contributed by atoms with Crippen molar-refractivity contribution in [2.45, 2.75) is 27.3 Å². The van der Waals surface area contributed by atoms with Crippen LogP contribution in [0.4, 0.5) is 0 Å². The summed E-state index contributed by atoms with van der Waals surface area (Å²) < 4.78 is 1.78. The van der Waals surface area contributed by atoms with Crippen LogP contribution in [0.25, 0.3) is 5.69 Å². The van der Waals surface area contributed by atoms with Gasteiger partial charge < -0.3 is 5.32 Å². The van der Waals surface area contributed by atoms with Gasteiger partial charge in [-0.05, 0) is 47.5 Å². The van der Waals surface area contributed by atoms with E-state index in [0.29, 0.717) is 12.5 Å². The summed E-state index contributed by atoms with van der Waals surface area (Å²) in [4.78, 5) is 0. The van der Waals surface area contributed by atoms with Crippen LogP contribution in [0.2, 0.25) is 0 Å². The van der Waals surface area contributed by atoms with E-state index >= 15 is 0 Å². The van der Waals surface area contributed by atoms with Crippen LogP contribution in [0, 0.1) is 12.8 Å². The maximum absolute atomic E-state index is 4.06. The first-order valence-electron chi connectivity index (χ1n) is 6.22. The Morgan fingerprint density at radius 1 is 1.33 bits per heavy atom. The van der Waals surface area contributed by atoms with Crippen molar-refractivity contribution in [2.75, 3.05) is 6.54 Å². The van der Waals surface area contributed by atoms with E-state index in [4.69, 9.17) is 0 Å². The average Bonchev–Trinajstić information content (AvgIpc) is 2.77. The van der Waals surface area contributed by atoms with Crippen LogP contribution in [0.3, 0.4) is 0 Å². The van der Waals surface area contributed by atoms with E-state index in [-0.39, 0.29) is 0 Å². The summed E-state index contributed by atoms with van der Waals surface area (Å²) in [7, 11) is 0. The molecule has 96 valence electrons. The third-order valence-electron chi connectivity index (χ3n) is 2.62. The molecule has 0 saturated heterocycles. The normalized spacial score (nSPS) is 11.1. The molecule has 0 atom stereocenters. The van der Waals surface area contributed by atoms with Crippen molar-refractivity contribution in [3.8, 4) is 5.69 Å².